The van der Waals surface area contributed by atoms with Crippen molar-refractivity contribution in [2.45, 2.75) is 13.3 Å². The van der Waals surface area contributed by atoms with Crippen LogP contribution in [0.3, 0.4) is 0 Å². The number of thiophene rings is 1. The van der Waals surface area contributed by atoms with E-state index in [1.807, 2.05) is 6.07 Å². The van der Waals surface area contributed by atoms with E-state index in [9.17, 15) is 16.8 Å². The van der Waals surface area contributed by atoms with Crippen LogP contribution >= 0.6 is 11.3 Å². The van der Waals surface area contributed by atoms with Crippen LogP contribution < -0.4 is 9.62 Å². The predicted octanol–water partition coefficient (Wildman–Crippen LogP) is 3.22. The Hall–Kier alpha value is -2.40. The van der Waals surface area contributed by atoms with Gasteiger partial charge in [-0.15, -0.1) is 11.3 Å². The lowest BCUT2D eigenvalue weighted by atomic mass is 10.2. The molecule has 0 atom stereocenters. The van der Waals surface area contributed by atoms with Crippen molar-refractivity contribution in [2.24, 2.45) is 0 Å². The van der Waals surface area contributed by atoms with E-state index in [0.29, 0.717) is 18.9 Å². The molecule has 158 valence electrons. The lowest BCUT2D eigenvalue weighted by Gasteiger charge is -2.29. The summed E-state index contributed by atoms with van der Waals surface area (Å²) in [5, 5.41) is 0. The standard InChI is InChI=1S/C20H20N2O5S3/c23-29(24,18-7-2-1-3-8-18)19-9-10-20(28-19)30(25,26)21-16-5-4-6-17(15-16)22-11-13-27-14-12-22/h1-10,15,21H,11-14H2. The van der Waals surface area contributed by atoms with Crippen LogP contribution in [0.5, 0.6) is 0 Å². The summed E-state index contributed by atoms with van der Waals surface area (Å²) >= 11 is 0.728. The molecule has 0 bridgehead atoms. The summed E-state index contributed by atoms with van der Waals surface area (Å²) in [6, 6.07) is 17.7. The van der Waals surface area contributed by atoms with Crippen molar-refractivity contribution in [3.05, 3.63) is 66.7 Å². The molecule has 2 aromatic carbocycles. The van der Waals surface area contributed by atoms with Gasteiger partial charge in [0.1, 0.15) is 8.42 Å². The fraction of sp³-hybridized carbons (Fsp3) is 0.200. The summed E-state index contributed by atoms with van der Waals surface area (Å²) < 4.78 is 59.0. The van der Waals surface area contributed by atoms with Crippen LogP contribution in [0.2, 0.25) is 0 Å². The molecule has 0 amide bonds. The molecule has 0 aliphatic carbocycles. The summed E-state index contributed by atoms with van der Waals surface area (Å²) in [5.41, 5.74) is 1.32. The number of anilines is 2. The van der Waals surface area contributed by atoms with Gasteiger partial charge in [-0.25, -0.2) is 16.8 Å². The number of nitrogens with zero attached hydrogens (tertiary/aromatic N) is 1. The van der Waals surface area contributed by atoms with Crippen molar-refractivity contribution in [2.75, 3.05) is 35.9 Å². The fourth-order valence-electron chi connectivity index (χ4n) is 3.10. The van der Waals surface area contributed by atoms with E-state index in [1.165, 1.54) is 24.3 Å². The van der Waals surface area contributed by atoms with Gasteiger partial charge in [0.05, 0.1) is 23.8 Å². The maximum atomic E-state index is 12.8. The first kappa shape index (κ1) is 20.9. The molecule has 30 heavy (non-hydrogen) atoms. The zero-order valence-corrected chi connectivity index (χ0v) is 18.3. The van der Waals surface area contributed by atoms with Crippen LogP contribution in [0.4, 0.5) is 11.4 Å². The van der Waals surface area contributed by atoms with Crippen molar-refractivity contribution < 1.29 is 21.6 Å². The van der Waals surface area contributed by atoms with Crippen LogP contribution in [-0.4, -0.2) is 43.1 Å². The quantitative estimate of drug-likeness (QED) is 0.602. The number of hydrogen-bond donors (Lipinski definition) is 1. The summed E-state index contributed by atoms with van der Waals surface area (Å²) in [6.45, 7) is 2.73. The number of rotatable bonds is 6. The van der Waals surface area contributed by atoms with Gasteiger partial charge >= 0.3 is 0 Å². The van der Waals surface area contributed by atoms with E-state index >= 15 is 0 Å². The van der Waals surface area contributed by atoms with Crippen LogP contribution in [0.1, 0.15) is 0 Å². The minimum absolute atomic E-state index is 0.0175. The Bertz CT molecular complexity index is 1230. The number of sulfone groups is 1. The Kier molecular flexibility index (Phi) is 5.83. The molecule has 0 radical (unpaired) electrons. The van der Waals surface area contributed by atoms with Gasteiger partial charge in [-0.1, -0.05) is 24.3 Å². The Morgan fingerprint density at radius 3 is 2.27 bits per heavy atom. The first-order valence-corrected chi connectivity index (χ1v) is 13.0. The highest BCUT2D eigenvalue weighted by molar-refractivity contribution is 7.96. The molecule has 1 aliphatic heterocycles. The topological polar surface area (TPSA) is 92.8 Å². The van der Waals surface area contributed by atoms with Gasteiger partial charge in [0.25, 0.3) is 10.0 Å². The average Bonchev–Trinajstić information content (AvgIpc) is 3.27. The van der Waals surface area contributed by atoms with Crippen LogP contribution in [0.15, 0.2) is 80.0 Å². The van der Waals surface area contributed by atoms with Gasteiger partial charge in [-0.3, -0.25) is 4.72 Å². The first-order chi connectivity index (χ1) is 14.4. The third kappa shape index (κ3) is 4.36. The largest absolute Gasteiger partial charge is 0.378 e. The maximum Gasteiger partial charge on any atom is 0.271 e. The van der Waals surface area contributed by atoms with Gasteiger partial charge in [0.15, 0.2) is 0 Å². The second kappa shape index (κ2) is 8.38. The SMILES string of the molecule is O=S(=O)(Nc1cccc(N2CCOCC2)c1)c1ccc(S(=O)(=O)c2ccccc2)s1. The lowest BCUT2D eigenvalue weighted by Crippen LogP contribution is -2.36. The smallest absolute Gasteiger partial charge is 0.271 e. The molecule has 2 heterocycles. The zero-order chi connectivity index (χ0) is 21.2. The van der Waals surface area contributed by atoms with Crippen LogP contribution in [0.25, 0.3) is 0 Å². The number of hydrogen-bond acceptors (Lipinski definition) is 7. The third-order valence-electron chi connectivity index (χ3n) is 4.61. The van der Waals surface area contributed by atoms with E-state index < -0.39 is 19.9 Å². The van der Waals surface area contributed by atoms with Gasteiger partial charge in [-0.2, -0.15) is 0 Å². The summed E-state index contributed by atoms with van der Waals surface area (Å²) in [4.78, 5) is 2.25. The Morgan fingerprint density at radius 2 is 1.53 bits per heavy atom. The monoisotopic (exact) mass is 464 g/mol. The number of morpholine rings is 1. The van der Waals surface area contributed by atoms with E-state index in [2.05, 4.69) is 9.62 Å². The molecule has 0 spiro atoms. The number of ether oxygens (including phenoxy) is 1. The summed E-state index contributed by atoms with van der Waals surface area (Å²) in [5.74, 6) is 0. The second-order valence-electron chi connectivity index (χ2n) is 6.65. The molecular formula is C20H20N2O5S3. The molecule has 1 fully saturated rings. The van der Waals surface area contributed by atoms with Crippen molar-refractivity contribution in [3.63, 3.8) is 0 Å². The molecule has 0 saturated carbocycles. The van der Waals surface area contributed by atoms with Crippen molar-refractivity contribution in [3.8, 4) is 0 Å². The number of sulfonamides is 1. The highest BCUT2D eigenvalue weighted by Crippen LogP contribution is 2.31. The molecule has 1 N–H and O–H groups in total. The Morgan fingerprint density at radius 1 is 0.833 bits per heavy atom. The fourth-order valence-corrected chi connectivity index (χ4v) is 7.34. The minimum atomic E-state index is -3.92. The van der Waals surface area contributed by atoms with Gasteiger partial charge in [0.2, 0.25) is 9.84 Å². The van der Waals surface area contributed by atoms with E-state index in [-0.39, 0.29) is 13.3 Å². The molecule has 1 saturated heterocycles. The van der Waals surface area contributed by atoms with Crippen LogP contribution in [0, 0.1) is 0 Å². The Labute approximate surface area is 179 Å². The molecule has 1 aromatic heterocycles. The first-order valence-electron chi connectivity index (χ1n) is 9.22. The van der Waals surface area contributed by atoms with Crippen molar-refractivity contribution >= 4 is 42.6 Å². The normalized spacial score (nSPS) is 15.1. The van der Waals surface area contributed by atoms with E-state index in [1.54, 1.807) is 36.4 Å². The summed E-state index contributed by atoms with van der Waals surface area (Å²) in [7, 11) is -7.69. The van der Waals surface area contributed by atoms with Crippen LogP contribution in [-0.2, 0) is 24.6 Å². The predicted molar refractivity (Wildman–Crippen MR) is 116 cm³/mol. The molecule has 4 rings (SSSR count). The van der Waals surface area contributed by atoms with Gasteiger partial charge in [-0.05, 0) is 42.5 Å². The van der Waals surface area contributed by atoms with E-state index in [0.717, 1.165) is 30.1 Å². The van der Waals surface area contributed by atoms with Crippen molar-refractivity contribution in [1.82, 2.24) is 0 Å². The molecule has 1 aliphatic rings. The third-order valence-corrected chi connectivity index (χ3v) is 9.83. The average molecular weight is 465 g/mol. The van der Waals surface area contributed by atoms with Gasteiger partial charge in [0, 0.05) is 18.8 Å². The zero-order valence-electron chi connectivity index (χ0n) is 15.9. The van der Waals surface area contributed by atoms with Gasteiger partial charge < -0.3 is 9.64 Å². The number of benzene rings is 2. The summed E-state index contributed by atoms with van der Waals surface area (Å²) in [6.07, 6.45) is 0. The molecule has 10 heteroatoms. The Balaban J connectivity index is 1.57. The second-order valence-corrected chi connectivity index (χ2v) is 11.8. The molecule has 0 unspecified atom stereocenters. The highest BCUT2D eigenvalue weighted by Gasteiger charge is 2.24. The molecular weight excluding hydrogens is 444 g/mol. The maximum absolute atomic E-state index is 12.8. The lowest BCUT2D eigenvalue weighted by molar-refractivity contribution is 0.122. The van der Waals surface area contributed by atoms with Crippen molar-refractivity contribution in [1.29, 1.82) is 0 Å². The van der Waals surface area contributed by atoms with E-state index in [4.69, 9.17) is 4.74 Å². The molecule has 3 aromatic rings. The number of nitrogens with one attached hydrogen (secondary N) is 1. The highest BCUT2D eigenvalue weighted by atomic mass is 32.3. The molecule has 7 nitrogen and oxygen atoms in total. The minimum Gasteiger partial charge on any atom is -0.378 e.